The smallest absolute Gasteiger partial charge is 0.407 e. The summed E-state index contributed by atoms with van der Waals surface area (Å²) in [5.41, 5.74) is 1.01. The van der Waals surface area contributed by atoms with Gasteiger partial charge in [-0.25, -0.2) is 4.79 Å². The molecule has 2 N–H and O–H groups in total. The molecular formula is C13H17N3O3. The summed E-state index contributed by atoms with van der Waals surface area (Å²) >= 11 is 0. The summed E-state index contributed by atoms with van der Waals surface area (Å²) in [6, 6.07) is 4.52. The zero-order valence-corrected chi connectivity index (χ0v) is 10.6. The Morgan fingerprint density at radius 3 is 3.00 bits per heavy atom. The van der Waals surface area contributed by atoms with Crippen LogP contribution in [0.1, 0.15) is 18.5 Å². The molecule has 1 aliphatic heterocycles. The van der Waals surface area contributed by atoms with Crippen molar-refractivity contribution in [1.82, 2.24) is 15.6 Å². The molecule has 1 aliphatic carbocycles. The van der Waals surface area contributed by atoms with Gasteiger partial charge in [0.1, 0.15) is 12.4 Å². The van der Waals surface area contributed by atoms with Crippen molar-refractivity contribution in [3.8, 4) is 5.75 Å². The predicted octanol–water partition coefficient (Wildman–Crippen LogP) is 0.821. The van der Waals surface area contributed by atoms with Crippen LogP contribution < -0.4 is 15.4 Å². The van der Waals surface area contributed by atoms with E-state index in [2.05, 4.69) is 15.6 Å². The van der Waals surface area contributed by atoms with Crippen molar-refractivity contribution in [3.05, 3.63) is 24.0 Å². The van der Waals surface area contributed by atoms with E-state index in [1.165, 1.54) is 12.8 Å². The number of carbonyl (C=O) groups excluding carboxylic acids is 1. The number of carbonyl (C=O) groups is 1. The number of nitrogens with one attached hydrogen (secondary N) is 2. The fraction of sp³-hybridized carbons (Fsp3) is 0.538. The van der Waals surface area contributed by atoms with Crippen LogP contribution in [-0.2, 0) is 11.3 Å². The number of nitrogens with zero attached hydrogens (tertiary/aromatic N) is 1. The first-order valence-electron chi connectivity index (χ1n) is 6.55. The molecule has 102 valence electrons. The number of rotatable bonds is 6. The van der Waals surface area contributed by atoms with E-state index in [9.17, 15) is 4.79 Å². The standard InChI is InChI=1S/C13H17N3O3/c17-13-16-7-12(19-13)8-18-11-4-3-10(15-6-11)5-14-9-1-2-9/h3-4,6,9,12,14H,1-2,5,7-8H2,(H,16,17). The van der Waals surface area contributed by atoms with E-state index >= 15 is 0 Å². The van der Waals surface area contributed by atoms with Crippen LogP contribution in [0.3, 0.4) is 0 Å². The van der Waals surface area contributed by atoms with Crippen molar-refractivity contribution in [2.75, 3.05) is 13.2 Å². The third kappa shape index (κ3) is 3.57. The maximum atomic E-state index is 10.8. The second kappa shape index (κ2) is 5.44. The Morgan fingerprint density at radius 1 is 1.47 bits per heavy atom. The highest BCUT2D eigenvalue weighted by molar-refractivity contribution is 5.69. The highest BCUT2D eigenvalue weighted by Gasteiger charge is 2.23. The molecule has 2 fully saturated rings. The van der Waals surface area contributed by atoms with Gasteiger partial charge in [-0.1, -0.05) is 0 Å². The first kappa shape index (κ1) is 12.2. The molecule has 6 nitrogen and oxygen atoms in total. The van der Waals surface area contributed by atoms with Gasteiger partial charge >= 0.3 is 6.09 Å². The number of pyridine rings is 1. The highest BCUT2D eigenvalue weighted by atomic mass is 16.6. The van der Waals surface area contributed by atoms with Crippen LogP contribution in [-0.4, -0.2) is 36.4 Å². The summed E-state index contributed by atoms with van der Waals surface area (Å²) in [7, 11) is 0. The number of hydrogen-bond acceptors (Lipinski definition) is 5. The van der Waals surface area contributed by atoms with Gasteiger partial charge in [-0.05, 0) is 25.0 Å². The fourth-order valence-electron chi connectivity index (χ4n) is 1.85. The molecule has 1 amide bonds. The quantitative estimate of drug-likeness (QED) is 0.795. The lowest BCUT2D eigenvalue weighted by Crippen LogP contribution is -2.22. The van der Waals surface area contributed by atoms with Crippen LogP contribution in [0, 0.1) is 0 Å². The number of ether oxygens (including phenoxy) is 2. The van der Waals surface area contributed by atoms with Crippen LogP contribution in [0.15, 0.2) is 18.3 Å². The van der Waals surface area contributed by atoms with Crippen LogP contribution >= 0.6 is 0 Å². The Kier molecular flexibility index (Phi) is 3.50. The number of hydrogen-bond donors (Lipinski definition) is 2. The largest absolute Gasteiger partial charge is 0.488 e. The van der Waals surface area contributed by atoms with E-state index in [1.807, 2.05) is 12.1 Å². The Morgan fingerprint density at radius 2 is 2.37 bits per heavy atom. The predicted molar refractivity (Wildman–Crippen MR) is 67.9 cm³/mol. The summed E-state index contributed by atoms with van der Waals surface area (Å²) in [5.74, 6) is 0.693. The highest BCUT2D eigenvalue weighted by Crippen LogP contribution is 2.19. The normalized spacial score (nSPS) is 21.9. The Balaban J connectivity index is 1.44. The lowest BCUT2D eigenvalue weighted by molar-refractivity contribution is 0.104. The fourth-order valence-corrected chi connectivity index (χ4v) is 1.85. The molecule has 2 heterocycles. The summed E-state index contributed by atoms with van der Waals surface area (Å²) in [6.45, 7) is 1.64. The monoisotopic (exact) mass is 263 g/mol. The third-order valence-electron chi connectivity index (χ3n) is 3.13. The molecule has 1 aromatic rings. The van der Waals surface area contributed by atoms with E-state index in [4.69, 9.17) is 9.47 Å². The average molecular weight is 263 g/mol. The van der Waals surface area contributed by atoms with Crippen molar-refractivity contribution in [3.63, 3.8) is 0 Å². The van der Waals surface area contributed by atoms with Crippen molar-refractivity contribution in [2.45, 2.75) is 31.5 Å². The zero-order chi connectivity index (χ0) is 13.1. The zero-order valence-electron chi connectivity index (χ0n) is 10.6. The van der Waals surface area contributed by atoms with Gasteiger partial charge in [-0.15, -0.1) is 0 Å². The van der Waals surface area contributed by atoms with Crippen LogP contribution in [0.25, 0.3) is 0 Å². The second-order valence-corrected chi connectivity index (χ2v) is 4.86. The summed E-state index contributed by atoms with van der Waals surface area (Å²) in [5, 5.41) is 5.99. The van der Waals surface area contributed by atoms with E-state index in [0.717, 1.165) is 12.2 Å². The lowest BCUT2D eigenvalue weighted by atomic mass is 10.3. The topological polar surface area (TPSA) is 72.5 Å². The summed E-state index contributed by atoms with van der Waals surface area (Å²) < 4.78 is 10.5. The molecule has 6 heteroatoms. The SMILES string of the molecule is O=C1NCC(COc2ccc(CNC3CC3)nc2)O1. The molecular weight excluding hydrogens is 246 g/mol. The number of cyclic esters (lactones) is 1. The summed E-state index contributed by atoms with van der Waals surface area (Å²) in [4.78, 5) is 15.2. The van der Waals surface area contributed by atoms with Crippen LogP contribution in [0.2, 0.25) is 0 Å². The van der Waals surface area contributed by atoms with Gasteiger partial charge in [0.05, 0.1) is 18.4 Å². The van der Waals surface area contributed by atoms with E-state index in [0.29, 0.717) is 24.9 Å². The van der Waals surface area contributed by atoms with Gasteiger partial charge < -0.3 is 20.1 Å². The maximum absolute atomic E-state index is 10.8. The molecule has 19 heavy (non-hydrogen) atoms. The van der Waals surface area contributed by atoms with Crippen molar-refractivity contribution in [2.24, 2.45) is 0 Å². The first-order valence-corrected chi connectivity index (χ1v) is 6.55. The Bertz CT molecular complexity index is 445. The van der Waals surface area contributed by atoms with Crippen LogP contribution in [0.4, 0.5) is 4.79 Å². The molecule has 2 aliphatic rings. The average Bonchev–Trinajstić information content (AvgIpc) is 3.17. The van der Waals surface area contributed by atoms with E-state index < -0.39 is 0 Å². The van der Waals surface area contributed by atoms with Gasteiger partial charge in [-0.3, -0.25) is 4.98 Å². The first-order chi connectivity index (χ1) is 9.29. The molecule has 1 aromatic heterocycles. The molecule has 1 unspecified atom stereocenters. The van der Waals surface area contributed by atoms with Crippen molar-refractivity contribution < 1.29 is 14.3 Å². The molecule has 0 aromatic carbocycles. The molecule has 0 spiro atoms. The van der Waals surface area contributed by atoms with Crippen molar-refractivity contribution in [1.29, 1.82) is 0 Å². The molecule has 1 saturated heterocycles. The molecule has 0 bridgehead atoms. The third-order valence-corrected chi connectivity index (χ3v) is 3.13. The van der Waals surface area contributed by atoms with Gasteiger partial charge in [0.25, 0.3) is 0 Å². The lowest BCUT2D eigenvalue weighted by Gasteiger charge is -2.10. The van der Waals surface area contributed by atoms with E-state index in [1.54, 1.807) is 6.20 Å². The van der Waals surface area contributed by atoms with Gasteiger partial charge in [0.2, 0.25) is 0 Å². The molecule has 3 rings (SSSR count). The molecule has 0 radical (unpaired) electrons. The number of aromatic nitrogens is 1. The Labute approximate surface area is 111 Å². The van der Waals surface area contributed by atoms with Crippen LogP contribution in [0.5, 0.6) is 5.75 Å². The minimum absolute atomic E-state index is 0.219. The van der Waals surface area contributed by atoms with Gasteiger partial charge in [-0.2, -0.15) is 0 Å². The minimum Gasteiger partial charge on any atom is -0.488 e. The second-order valence-electron chi connectivity index (χ2n) is 4.86. The maximum Gasteiger partial charge on any atom is 0.407 e. The number of alkyl carbamates (subject to hydrolysis) is 1. The Hall–Kier alpha value is -1.82. The van der Waals surface area contributed by atoms with Gasteiger partial charge in [0, 0.05) is 12.6 Å². The molecule has 1 atom stereocenters. The van der Waals surface area contributed by atoms with E-state index in [-0.39, 0.29) is 12.2 Å². The number of amides is 1. The van der Waals surface area contributed by atoms with Crippen molar-refractivity contribution >= 4 is 6.09 Å². The summed E-state index contributed by atoms with van der Waals surface area (Å²) in [6.07, 6.45) is 3.65. The molecule has 1 saturated carbocycles. The minimum atomic E-state index is -0.381. The van der Waals surface area contributed by atoms with Gasteiger partial charge in [0.15, 0.2) is 6.10 Å².